The Morgan fingerprint density at radius 2 is 1.88 bits per heavy atom. The number of ether oxygens (including phenoxy) is 1. The van der Waals surface area contributed by atoms with Gasteiger partial charge in [0.25, 0.3) is 0 Å². The summed E-state index contributed by atoms with van der Waals surface area (Å²) in [4.78, 5) is 5.80. The fraction of sp³-hybridized carbons (Fsp3) is 0.385. The van der Waals surface area contributed by atoms with Crippen molar-refractivity contribution in [1.29, 1.82) is 5.26 Å². The van der Waals surface area contributed by atoms with Crippen molar-refractivity contribution in [2.24, 2.45) is 4.99 Å². The van der Waals surface area contributed by atoms with Crippen molar-refractivity contribution < 1.29 is 4.74 Å². The molecule has 1 saturated heterocycles. The van der Waals surface area contributed by atoms with E-state index in [0.717, 1.165) is 25.9 Å². The molecule has 0 saturated carbocycles. The maximum absolute atomic E-state index is 8.70. The second-order valence-electron chi connectivity index (χ2n) is 3.96. The first kappa shape index (κ1) is 11.5. The van der Waals surface area contributed by atoms with Crippen LogP contribution in [0.4, 0.5) is 0 Å². The van der Waals surface area contributed by atoms with Crippen molar-refractivity contribution in [2.75, 3.05) is 13.1 Å². The average Bonchev–Trinajstić information content (AvgIpc) is 2.40. The number of amidine groups is 1. The molecule has 0 spiro atoms. The SMILES string of the molecule is N#CN=C(Oc1ccccc1)N1CCCCC1. The van der Waals surface area contributed by atoms with E-state index in [2.05, 4.69) is 4.99 Å². The molecule has 0 amide bonds. The first-order valence-electron chi connectivity index (χ1n) is 5.85. The van der Waals surface area contributed by atoms with E-state index in [1.807, 2.05) is 35.2 Å². The Morgan fingerprint density at radius 3 is 2.53 bits per heavy atom. The molecule has 2 rings (SSSR count). The minimum atomic E-state index is 0.415. The van der Waals surface area contributed by atoms with Gasteiger partial charge in [0.2, 0.25) is 6.19 Å². The fourth-order valence-electron chi connectivity index (χ4n) is 1.88. The van der Waals surface area contributed by atoms with Crippen LogP contribution in [-0.4, -0.2) is 24.0 Å². The predicted molar refractivity (Wildman–Crippen MR) is 65.5 cm³/mol. The Labute approximate surface area is 101 Å². The molecular formula is C13H15N3O. The first-order valence-corrected chi connectivity index (χ1v) is 5.85. The lowest BCUT2D eigenvalue weighted by molar-refractivity contribution is 0.291. The molecular weight excluding hydrogens is 214 g/mol. The summed E-state index contributed by atoms with van der Waals surface area (Å²) >= 11 is 0. The highest BCUT2D eigenvalue weighted by Crippen LogP contribution is 2.14. The van der Waals surface area contributed by atoms with Crippen LogP contribution in [0.15, 0.2) is 35.3 Å². The molecule has 88 valence electrons. The van der Waals surface area contributed by atoms with Crippen molar-refractivity contribution in [2.45, 2.75) is 19.3 Å². The number of likely N-dealkylation sites (tertiary alicyclic amines) is 1. The average molecular weight is 229 g/mol. The highest BCUT2D eigenvalue weighted by molar-refractivity contribution is 5.77. The Hall–Kier alpha value is -2.02. The summed E-state index contributed by atoms with van der Waals surface area (Å²) in [5.41, 5.74) is 0. The smallest absolute Gasteiger partial charge is 0.308 e. The van der Waals surface area contributed by atoms with Crippen molar-refractivity contribution >= 4 is 6.02 Å². The maximum atomic E-state index is 8.70. The summed E-state index contributed by atoms with van der Waals surface area (Å²) in [5, 5.41) is 8.70. The van der Waals surface area contributed by atoms with E-state index in [-0.39, 0.29) is 0 Å². The Kier molecular flexibility index (Phi) is 3.98. The van der Waals surface area contributed by atoms with Gasteiger partial charge in [-0.3, -0.25) is 0 Å². The number of aliphatic imine (C=N–C) groups is 1. The molecule has 4 nitrogen and oxygen atoms in total. The van der Waals surface area contributed by atoms with Crippen LogP contribution in [0.5, 0.6) is 5.75 Å². The molecule has 0 unspecified atom stereocenters. The topological polar surface area (TPSA) is 48.6 Å². The van der Waals surface area contributed by atoms with E-state index in [4.69, 9.17) is 10.00 Å². The van der Waals surface area contributed by atoms with Gasteiger partial charge in [0.1, 0.15) is 5.75 Å². The van der Waals surface area contributed by atoms with E-state index in [0.29, 0.717) is 11.8 Å². The number of rotatable bonds is 1. The van der Waals surface area contributed by atoms with Crippen LogP contribution in [0.3, 0.4) is 0 Å². The molecule has 4 heteroatoms. The number of nitriles is 1. The highest BCUT2D eigenvalue weighted by Gasteiger charge is 2.16. The van der Waals surface area contributed by atoms with Crippen molar-refractivity contribution in [3.63, 3.8) is 0 Å². The van der Waals surface area contributed by atoms with Crippen LogP contribution in [0.1, 0.15) is 19.3 Å². The highest BCUT2D eigenvalue weighted by atomic mass is 16.5. The molecule has 0 bridgehead atoms. The molecule has 0 atom stereocenters. The number of para-hydroxylation sites is 1. The van der Waals surface area contributed by atoms with Crippen molar-refractivity contribution in [3.05, 3.63) is 30.3 Å². The minimum Gasteiger partial charge on any atom is -0.425 e. The first-order chi connectivity index (χ1) is 8.40. The van der Waals surface area contributed by atoms with E-state index in [9.17, 15) is 0 Å². The summed E-state index contributed by atoms with van der Waals surface area (Å²) < 4.78 is 5.65. The Balaban J connectivity index is 2.08. The summed E-state index contributed by atoms with van der Waals surface area (Å²) in [6.07, 6.45) is 5.30. The zero-order valence-electron chi connectivity index (χ0n) is 9.67. The van der Waals surface area contributed by atoms with Gasteiger partial charge in [0.05, 0.1) is 0 Å². The van der Waals surface area contributed by atoms with Gasteiger partial charge < -0.3 is 9.64 Å². The summed E-state index contributed by atoms with van der Waals surface area (Å²) in [5.74, 6) is 0.715. The van der Waals surface area contributed by atoms with E-state index in [1.54, 1.807) is 6.19 Å². The monoisotopic (exact) mass is 229 g/mol. The third-order valence-corrected chi connectivity index (χ3v) is 2.72. The molecule has 1 heterocycles. The molecule has 0 radical (unpaired) electrons. The molecule has 1 aliphatic heterocycles. The lowest BCUT2D eigenvalue weighted by Crippen LogP contribution is -2.38. The minimum absolute atomic E-state index is 0.415. The zero-order chi connectivity index (χ0) is 11.9. The van der Waals surface area contributed by atoms with Gasteiger partial charge in [0, 0.05) is 13.1 Å². The number of nitrogens with zero attached hydrogens (tertiary/aromatic N) is 3. The van der Waals surface area contributed by atoms with Crippen molar-refractivity contribution in [3.8, 4) is 11.9 Å². The van der Waals surface area contributed by atoms with Gasteiger partial charge in [-0.05, 0) is 31.4 Å². The molecule has 0 N–H and O–H groups in total. The fourth-order valence-corrected chi connectivity index (χ4v) is 1.88. The number of hydrogen-bond acceptors (Lipinski definition) is 3. The maximum Gasteiger partial charge on any atom is 0.308 e. The second-order valence-corrected chi connectivity index (χ2v) is 3.96. The summed E-state index contributed by atoms with van der Waals surface area (Å²) in [6, 6.07) is 9.85. The van der Waals surface area contributed by atoms with Gasteiger partial charge in [-0.1, -0.05) is 18.2 Å². The molecule has 1 aromatic rings. The van der Waals surface area contributed by atoms with Crippen LogP contribution in [0.2, 0.25) is 0 Å². The van der Waals surface area contributed by atoms with Gasteiger partial charge in [0.15, 0.2) is 0 Å². The van der Waals surface area contributed by atoms with Crippen molar-refractivity contribution in [1.82, 2.24) is 4.90 Å². The second kappa shape index (κ2) is 5.90. The Bertz CT molecular complexity index is 416. The van der Waals surface area contributed by atoms with E-state index in [1.165, 1.54) is 6.42 Å². The predicted octanol–water partition coefficient (Wildman–Crippen LogP) is 2.39. The third-order valence-electron chi connectivity index (χ3n) is 2.72. The molecule has 1 aliphatic rings. The molecule has 0 aromatic heterocycles. The largest absolute Gasteiger partial charge is 0.425 e. The zero-order valence-corrected chi connectivity index (χ0v) is 9.67. The van der Waals surface area contributed by atoms with Gasteiger partial charge >= 0.3 is 6.02 Å². The molecule has 17 heavy (non-hydrogen) atoms. The molecule has 1 fully saturated rings. The number of piperidine rings is 1. The number of hydrogen-bond donors (Lipinski definition) is 0. The Morgan fingerprint density at radius 1 is 1.18 bits per heavy atom. The molecule has 0 aliphatic carbocycles. The summed E-state index contributed by atoms with van der Waals surface area (Å²) in [6.45, 7) is 1.82. The van der Waals surface area contributed by atoms with E-state index < -0.39 is 0 Å². The lowest BCUT2D eigenvalue weighted by Gasteiger charge is -2.28. The van der Waals surface area contributed by atoms with E-state index >= 15 is 0 Å². The van der Waals surface area contributed by atoms with Crippen LogP contribution >= 0.6 is 0 Å². The van der Waals surface area contributed by atoms with Gasteiger partial charge in [-0.2, -0.15) is 5.26 Å². The lowest BCUT2D eigenvalue weighted by atomic mass is 10.1. The van der Waals surface area contributed by atoms with Crippen LogP contribution in [0, 0.1) is 11.5 Å². The summed E-state index contributed by atoms with van der Waals surface area (Å²) in [7, 11) is 0. The number of benzene rings is 1. The van der Waals surface area contributed by atoms with Crippen LogP contribution in [0.25, 0.3) is 0 Å². The van der Waals surface area contributed by atoms with Gasteiger partial charge in [-0.15, -0.1) is 4.99 Å². The quantitative estimate of drug-likeness (QED) is 0.422. The van der Waals surface area contributed by atoms with Gasteiger partial charge in [-0.25, -0.2) is 0 Å². The third kappa shape index (κ3) is 3.22. The molecule has 1 aromatic carbocycles. The van der Waals surface area contributed by atoms with Crippen LogP contribution < -0.4 is 4.74 Å². The standard InChI is InChI=1S/C13H15N3O/c14-11-15-13(16-9-5-2-6-10-16)17-12-7-3-1-4-8-12/h1,3-4,7-8H,2,5-6,9-10H2. The van der Waals surface area contributed by atoms with Crippen LogP contribution in [-0.2, 0) is 0 Å². The normalized spacial score (nSPS) is 16.4.